The van der Waals surface area contributed by atoms with E-state index in [-0.39, 0.29) is 6.61 Å². The van der Waals surface area contributed by atoms with Gasteiger partial charge in [0, 0.05) is 7.05 Å². The number of hydrogen-bond acceptors (Lipinski definition) is 5. The number of esters is 1. The van der Waals surface area contributed by atoms with Gasteiger partial charge in [0.25, 0.3) is 0 Å². The van der Waals surface area contributed by atoms with E-state index in [1.807, 2.05) is 0 Å². The molecule has 0 fully saturated rings. The standard InChI is InChI=1S/C9H11ClF3N3O4S/c1-3-20-8(17)6-5(10)7(16(2)14-6)15-21(18,19)4-9(11,12)13/h15H,3-4H2,1-2H3. The molecule has 0 aromatic carbocycles. The van der Waals surface area contributed by atoms with Crippen LogP contribution in [0.1, 0.15) is 17.4 Å². The molecule has 0 unspecified atom stereocenters. The molecule has 7 nitrogen and oxygen atoms in total. The molecule has 0 atom stereocenters. The quantitative estimate of drug-likeness (QED) is 0.815. The third-order valence-electron chi connectivity index (χ3n) is 2.06. The third kappa shape index (κ3) is 4.77. The smallest absolute Gasteiger partial charge is 0.404 e. The molecule has 0 aliphatic rings. The average molecular weight is 350 g/mol. The molecule has 0 radical (unpaired) electrons. The molecule has 1 N–H and O–H groups in total. The summed E-state index contributed by atoms with van der Waals surface area (Å²) in [6.07, 6.45) is -4.92. The van der Waals surface area contributed by atoms with Crippen LogP contribution in [0.3, 0.4) is 0 Å². The van der Waals surface area contributed by atoms with Crippen LogP contribution in [-0.4, -0.2) is 42.7 Å². The molecular formula is C9H11ClF3N3O4S. The van der Waals surface area contributed by atoms with Gasteiger partial charge in [0.2, 0.25) is 10.0 Å². The molecule has 0 saturated heterocycles. The Labute approximate surface area is 123 Å². The van der Waals surface area contributed by atoms with E-state index >= 15 is 0 Å². The van der Waals surface area contributed by atoms with Crippen molar-refractivity contribution in [3.8, 4) is 0 Å². The Hall–Kier alpha value is -1.49. The summed E-state index contributed by atoms with van der Waals surface area (Å²) in [6.45, 7) is 1.56. The zero-order valence-corrected chi connectivity index (χ0v) is 12.4. The molecule has 21 heavy (non-hydrogen) atoms. The molecule has 0 spiro atoms. The number of rotatable bonds is 5. The topological polar surface area (TPSA) is 90.3 Å². The normalized spacial score (nSPS) is 12.3. The van der Waals surface area contributed by atoms with Crippen molar-refractivity contribution >= 4 is 33.4 Å². The minimum absolute atomic E-state index is 0.0286. The fraction of sp³-hybridized carbons (Fsp3) is 0.556. The van der Waals surface area contributed by atoms with E-state index in [0.29, 0.717) is 0 Å². The molecule has 1 heterocycles. The number of carbonyl (C=O) groups excluding carboxylic acids is 1. The predicted molar refractivity (Wildman–Crippen MR) is 67.6 cm³/mol. The number of aryl methyl sites for hydroxylation is 1. The first kappa shape index (κ1) is 17.6. The van der Waals surface area contributed by atoms with Crippen LogP contribution in [0.15, 0.2) is 0 Å². The number of nitrogens with zero attached hydrogens (tertiary/aromatic N) is 2. The molecule has 12 heteroatoms. The van der Waals surface area contributed by atoms with Crippen molar-refractivity contribution in [1.29, 1.82) is 0 Å². The summed E-state index contributed by atoms with van der Waals surface area (Å²) >= 11 is 5.75. The largest absolute Gasteiger partial charge is 0.461 e. The lowest BCUT2D eigenvalue weighted by Crippen LogP contribution is -2.28. The van der Waals surface area contributed by atoms with E-state index in [1.165, 1.54) is 14.0 Å². The van der Waals surface area contributed by atoms with Crippen LogP contribution in [0.4, 0.5) is 19.0 Å². The first-order valence-corrected chi connectivity index (χ1v) is 7.46. The van der Waals surface area contributed by atoms with Gasteiger partial charge in [-0.3, -0.25) is 4.72 Å². The van der Waals surface area contributed by atoms with E-state index in [1.54, 1.807) is 4.72 Å². The zero-order chi connectivity index (χ0) is 16.4. The van der Waals surface area contributed by atoms with Crippen LogP contribution >= 0.6 is 11.6 Å². The lowest BCUT2D eigenvalue weighted by atomic mass is 10.4. The fourth-order valence-corrected chi connectivity index (χ4v) is 2.71. The van der Waals surface area contributed by atoms with Crippen LogP contribution in [-0.2, 0) is 21.8 Å². The molecule has 0 amide bonds. The van der Waals surface area contributed by atoms with Gasteiger partial charge in [-0.2, -0.15) is 18.3 Å². The predicted octanol–water partition coefficient (Wildman–Crippen LogP) is 1.55. The second-order valence-corrected chi connectivity index (χ2v) is 5.93. The number of hydrogen-bond donors (Lipinski definition) is 1. The molecule has 120 valence electrons. The molecule has 1 rings (SSSR count). The highest BCUT2D eigenvalue weighted by Gasteiger charge is 2.36. The van der Waals surface area contributed by atoms with Crippen molar-refractivity contribution in [3.05, 3.63) is 10.7 Å². The summed E-state index contributed by atoms with van der Waals surface area (Å²) < 4.78 is 66.3. The number of alkyl halides is 3. The Morgan fingerprint density at radius 3 is 2.52 bits per heavy atom. The molecule has 0 aliphatic carbocycles. The van der Waals surface area contributed by atoms with E-state index in [0.717, 1.165) is 4.68 Å². The first-order valence-electron chi connectivity index (χ1n) is 5.43. The molecule has 1 aromatic rings. The highest BCUT2D eigenvalue weighted by molar-refractivity contribution is 7.92. The average Bonchev–Trinajstić information content (AvgIpc) is 2.53. The summed E-state index contributed by atoms with van der Waals surface area (Å²) in [5.41, 5.74) is -0.397. The molecule has 0 aliphatic heterocycles. The first-order chi connectivity index (χ1) is 9.47. The maximum Gasteiger partial charge on any atom is 0.404 e. The number of carbonyl (C=O) groups is 1. The molecular weight excluding hydrogens is 339 g/mol. The summed E-state index contributed by atoms with van der Waals surface area (Å²) in [6, 6.07) is 0. The maximum atomic E-state index is 12.1. The molecule has 0 saturated carbocycles. The van der Waals surface area contributed by atoms with Crippen LogP contribution in [0, 0.1) is 0 Å². The van der Waals surface area contributed by atoms with E-state index < -0.39 is 44.5 Å². The van der Waals surface area contributed by atoms with Crippen LogP contribution in [0.2, 0.25) is 5.02 Å². The minimum atomic E-state index is -4.92. The summed E-state index contributed by atoms with van der Waals surface area (Å²) in [4.78, 5) is 11.5. The number of halogens is 4. The van der Waals surface area contributed by atoms with Gasteiger partial charge in [-0.05, 0) is 6.92 Å². The van der Waals surface area contributed by atoms with Crippen LogP contribution in [0.5, 0.6) is 0 Å². The van der Waals surface area contributed by atoms with Crippen molar-refractivity contribution in [3.63, 3.8) is 0 Å². The van der Waals surface area contributed by atoms with Crippen molar-refractivity contribution < 1.29 is 31.1 Å². The van der Waals surface area contributed by atoms with E-state index in [4.69, 9.17) is 11.6 Å². The van der Waals surface area contributed by atoms with Gasteiger partial charge in [0.15, 0.2) is 17.3 Å². The third-order valence-corrected chi connectivity index (χ3v) is 3.63. The molecule has 0 bridgehead atoms. The lowest BCUT2D eigenvalue weighted by Gasteiger charge is -2.10. The number of ether oxygens (including phenoxy) is 1. The highest BCUT2D eigenvalue weighted by atomic mass is 35.5. The number of anilines is 1. The number of sulfonamides is 1. The Morgan fingerprint density at radius 2 is 2.05 bits per heavy atom. The Morgan fingerprint density at radius 1 is 1.48 bits per heavy atom. The lowest BCUT2D eigenvalue weighted by molar-refractivity contribution is -0.106. The summed E-state index contributed by atoms with van der Waals surface area (Å²) in [5.74, 6) is -3.46. The maximum absolute atomic E-state index is 12.1. The van der Waals surface area contributed by atoms with Gasteiger partial charge in [-0.1, -0.05) is 11.6 Å². The second kappa shape index (κ2) is 6.10. The Kier molecular flexibility index (Phi) is 5.10. The van der Waals surface area contributed by atoms with Gasteiger partial charge in [-0.15, -0.1) is 0 Å². The van der Waals surface area contributed by atoms with Crippen LogP contribution < -0.4 is 4.72 Å². The highest BCUT2D eigenvalue weighted by Crippen LogP contribution is 2.28. The molecule has 1 aromatic heterocycles. The number of nitrogens with one attached hydrogen (secondary N) is 1. The van der Waals surface area contributed by atoms with Crippen molar-refractivity contribution in [1.82, 2.24) is 9.78 Å². The van der Waals surface area contributed by atoms with Gasteiger partial charge in [0.05, 0.1) is 6.61 Å². The SMILES string of the molecule is CCOC(=O)c1nn(C)c(NS(=O)(=O)CC(F)(F)F)c1Cl. The van der Waals surface area contributed by atoms with Gasteiger partial charge >= 0.3 is 12.1 Å². The number of aromatic nitrogens is 2. The van der Waals surface area contributed by atoms with Gasteiger partial charge < -0.3 is 4.74 Å². The summed E-state index contributed by atoms with van der Waals surface area (Å²) in [5, 5.41) is 3.17. The summed E-state index contributed by atoms with van der Waals surface area (Å²) in [7, 11) is -3.53. The van der Waals surface area contributed by atoms with Gasteiger partial charge in [0.1, 0.15) is 5.02 Å². The van der Waals surface area contributed by atoms with Crippen molar-refractivity contribution in [2.45, 2.75) is 13.1 Å². The zero-order valence-electron chi connectivity index (χ0n) is 10.9. The van der Waals surface area contributed by atoms with Gasteiger partial charge in [-0.25, -0.2) is 17.9 Å². The van der Waals surface area contributed by atoms with E-state index in [9.17, 15) is 26.4 Å². The fourth-order valence-electron chi connectivity index (χ4n) is 1.34. The second-order valence-electron chi connectivity index (χ2n) is 3.83. The monoisotopic (exact) mass is 349 g/mol. The Bertz CT molecular complexity index is 641. The van der Waals surface area contributed by atoms with Crippen LogP contribution in [0.25, 0.3) is 0 Å². The Balaban J connectivity index is 3.08. The van der Waals surface area contributed by atoms with E-state index in [2.05, 4.69) is 9.84 Å². The van der Waals surface area contributed by atoms with Crippen molar-refractivity contribution in [2.24, 2.45) is 7.05 Å². The van der Waals surface area contributed by atoms with Crippen molar-refractivity contribution in [2.75, 3.05) is 17.1 Å². The minimum Gasteiger partial charge on any atom is -0.461 e.